The molecular formula is C40H68O4. The van der Waals surface area contributed by atoms with Crippen LogP contribution in [0.2, 0.25) is 0 Å². The van der Waals surface area contributed by atoms with Crippen LogP contribution >= 0.6 is 0 Å². The number of carboxylic acid groups (broad SMARTS) is 1. The molecular weight excluding hydrogens is 544 g/mol. The topological polar surface area (TPSA) is 63.6 Å². The number of carboxylic acids is 1. The quantitative estimate of drug-likeness (QED) is 0.0466. The zero-order valence-corrected chi connectivity index (χ0v) is 28.7. The molecule has 4 nitrogen and oxygen atoms in total. The van der Waals surface area contributed by atoms with Crippen LogP contribution in [0.3, 0.4) is 0 Å². The van der Waals surface area contributed by atoms with E-state index in [-0.39, 0.29) is 18.5 Å². The molecule has 0 aromatic carbocycles. The predicted molar refractivity (Wildman–Crippen MR) is 190 cm³/mol. The van der Waals surface area contributed by atoms with Gasteiger partial charge in [-0.1, -0.05) is 139 Å². The largest absolute Gasteiger partial charge is 0.481 e. The first kappa shape index (κ1) is 41.6. The molecule has 0 aliphatic rings. The van der Waals surface area contributed by atoms with E-state index in [1.165, 1.54) is 44.9 Å². The fourth-order valence-electron chi connectivity index (χ4n) is 5.09. The van der Waals surface area contributed by atoms with Crippen molar-refractivity contribution in [2.24, 2.45) is 0 Å². The van der Waals surface area contributed by atoms with E-state index in [9.17, 15) is 9.59 Å². The molecule has 0 aliphatic carbocycles. The monoisotopic (exact) mass is 613 g/mol. The first-order valence-electron chi connectivity index (χ1n) is 18.3. The van der Waals surface area contributed by atoms with Crippen LogP contribution in [0.5, 0.6) is 0 Å². The second kappa shape index (κ2) is 35.1. The van der Waals surface area contributed by atoms with Crippen molar-refractivity contribution in [1.29, 1.82) is 0 Å². The average molecular weight is 613 g/mol. The molecule has 0 saturated carbocycles. The molecule has 1 unspecified atom stereocenters. The minimum Gasteiger partial charge on any atom is -0.481 e. The molecule has 0 fully saturated rings. The van der Waals surface area contributed by atoms with Gasteiger partial charge in [0.2, 0.25) is 0 Å². The standard InChI is InChI=1S/C40H68O4/c1-3-5-7-9-10-11-12-13-14-15-16-17-18-19-20-21-25-29-33-37-40(43)44-38(34-30-26-8-6-4-2)35-31-27-23-22-24-28-32-36-39(41)42/h5,7,10-11,13-14,16-17,19-20,38H,3-4,6,8-9,12,15,18,21-37H2,1-2H3,(H,41,42)/b7-5-,11-10-,14-13-,17-16-,20-19-. The summed E-state index contributed by atoms with van der Waals surface area (Å²) in [5.74, 6) is -0.710. The fourth-order valence-corrected chi connectivity index (χ4v) is 5.09. The Morgan fingerprint density at radius 1 is 0.523 bits per heavy atom. The van der Waals surface area contributed by atoms with Gasteiger partial charge in [-0.2, -0.15) is 0 Å². The van der Waals surface area contributed by atoms with E-state index in [1.807, 2.05) is 0 Å². The summed E-state index contributed by atoms with van der Waals surface area (Å²) in [5, 5.41) is 8.73. The molecule has 0 amide bonds. The van der Waals surface area contributed by atoms with Crippen molar-refractivity contribution in [2.45, 2.75) is 180 Å². The lowest BCUT2D eigenvalue weighted by Gasteiger charge is -2.18. The van der Waals surface area contributed by atoms with Crippen molar-refractivity contribution >= 4 is 11.9 Å². The zero-order valence-electron chi connectivity index (χ0n) is 28.7. The van der Waals surface area contributed by atoms with Gasteiger partial charge in [0.1, 0.15) is 6.10 Å². The maximum atomic E-state index is 12.6. The number of carbonyl (C=O) groups excluding carboxylic acids is 1. The lowest BCUT2D eigenvalue weighted by atomic mass is 10.0. The van der Waals surface area contributed by atoms with Crippen molar-refractivity contribution in [2.75, 3.05) is 0 Å². The molecule has 0 bridgehead atoms. The van der Waals surface area contributed by atoms with Crippen LogP contribution in [0.1, 0.15) is 174 Å². The van der Waals surface area contributed by atoms with Gasteiger partial charge >= 0.3 is 11.9 Å². The molecule has 44 heavy (non-hydrogen) atoms. The zero-order chi connectivity index (χ0) is 32.2. The van der Waals surface area contributed by atoms with Gasteiger partial charge in [0.25, 0.3) is 0 Å². The molecule has 252 valence electrons. The lowest BCUT2D eigenvalue weighted by molar-refractivity contribution is -0.150. The van der Waals surface area contributed by atoms with Gasteiger partial charge in [-0.3, -0.25) is 9.59 Å². The van der Waals surface area contributed by atoms with E-state index >= 15 is 0 Å². The molecule has 4 heteroatoms. The van der Waals surface area contributed by atoms with Gasteiger partial charge in [0, 0.05) is 12.8 Å². The van der Waals surface area contributed by atoms with Crippen LogP contribution in [0.25, 0.3) is 0 Å². The highest BCUT2D eigenvalue weighted by atomic mass is 16.5. The third-order valence-electron chi connectivity index (χ3n) is 7.75. The van der Waals surface area contributed by atoms with Crippen LogP contribution in [-0.4, -0.2) is 23.1 Å². The SMILES string of the molecule is CC/C=C\C/C=C\C/C=C\C/C=C\C/C=C\CCCCCC(=O)OC(CCCCCCC)CCCCCCCCCC(=O)O. The van der Waals surface area contributed by atoms with Crippen molar-refractivity contribution in [1.82, 2.24) is 0 Å². The summed E-state index contributed by atoms with van der Waals surface area (Å²) in [5.41, 5.74) is 0. The van der Waals surface area contributed by atoms with Crippen LogP contribution in [0, 0.1) is 0 Å². The van der Waals surface area contributed by atoms with Crippen LogP contribution in [0.4, 0.5) is 0 Å². The Morgan fingerprint density at radius 3 is 1.48 bits per heavy atom. The Morgan fingerprint density at radius 2 is 0.955 bits per heavy atom. The fraction of sp³-hybridized carbons (Fsp3) is 0.700. The molecule has 0 aromatic heterocycles. The third-order valence-corrected chi connectivity index (χ3v) is 7.75. The summed E-state index contributed by atoms with van der Waals surface area (Å²) in [6, 6.07) is 0. The number of ether oxygens (including phenoxy) is 1. The summed E-state index contributed by atoms with van der Waals surface area (Å²) in [6.45, 7) is 4.39. The summed E-state index contributed by atoms with van der Waals surface area (Å²) in [7, 11) is 0. The number of hydrogen-bond donors (Lipinski definition) is 1. The maximum absolute atomic E-state index is 12.6. The summed E-state index contributed by atoms with van der Waals surface area (Å²) in [6.07, 6.45) is 48.1. The number of aliphatic carboxylic acids is 1. The number of rotatable bonds is 32. The van der Waals surface area contributed by atoms with E-state index < -0.39 is 5.97 Å². The Bertz CT molecular complexity index is 789. The molecule has 0 aliphatic heterocycles. The minimum atomic E-state index is -0.693. The first-order chi connectivity index (χ1) is 21.6. The number of unbranched alkanes of at least 4 members (excludes halogenated alkanes) is 13. The minimum absolute atomic E-state index is 0.0168. The second-order valence-electron chi connectivity index (χ2n) is 12.0. The summed E-state index contributed by atoms with van der Waals surface area (Å²) < 4.78 is 5.95. The number of esters is 1. The predicted octanol–water partition coefficient (Wildman–Crippen LogP) is 12.6. The van der Waals surface area contributed by atoms with Crippen LogP contribution in [0.15, 0.2) is 60.8 Å². The normalized spacial score (nSPS) is 13.0. The summed E-state index contributed by atoms with van der Waals surface area (Å²) >= 11 is 0. The van der Waals surface area contributed by atoms with Crippen LogP contribution < -0.4 is 0 Å². The van der Waals surface area contributed by atoms with E-state index in [0.717, 1.165) is 103 Å². The molecule has 1 N–H and O–H groups in total. The molecule has 0 heterocycles. The molecule has 1 atom stereocenters. The van der Waals surface area contributed by atoms with Crippen molar-refractivity contribution in [3.05, 3.63) is 60.8 Å². The first-order valence-corrected chi connectivity index (χ1v) is 18.3. The van der Waals surface area contributed by atoms with Crippen molar-refractivity contribution in [3.8, 4) is 0 Å². The van der Waals surface area contributed by atoms with E-state index in [0.29, 0.717) is 6.42 Å². The van der Waals surface area contributed by atoms with E-state index in [2.05, 4.69) is 74.6 Å². The Labute approximate surface area is 272 Å². The van der Waals surface area contributed by atoms with E-state index in [1.54, 1.807) is 0 Å². The number of allylic oxidation sites excluding steroid dienone is 10. The van der Waals surface area contributed by atoms with Crippen LogP contribution in [-0.2, 0) is 14.3 Å². The van der Waals surface area contributed by atoms with Crippen molar-refractivity contribution < 1.29 is 19.4 Å². The molecule has 0 aromatic rings. The lowest BCUT2D eigenvalue weighted by Crippen LogP contribution is -2.18. The highest BCUT2D eigenvalue weighted by molar-refractivity contribution is 5.69. The Balaban J connectivity index is 3.98. The van der Waals surface area contributed by atoms with Gasteiger partial charge in [0.05, 0.1) is 0 Å². The maximum Gasteiger partial charge on any atom is 0.306 e. The average Bonchev–Trinajstić information content (AvgIpc) is 3.00. The second-order valence-corrected chi connectivity index (χ2v) is 12.0. The van der Waals surface area contributed by atoms with Crippen molar-refractivity contribution in [3.63, 3.8) is 0 Å². The number of hydrogen-bond acceptors (Lipinski definition) is 3. The molecule has 0 spiro atoms. The van der Waals surface area contributed by atoms with Gasteiger partial charge in [-0.25, -0.2) is 0 Å². The highest BCUT2D eigenvalue weighted by Gasteiger charge is 2.14. The molecule has 0 saturated heterocycles. The Kier molecular flexibility index (Phi) is 33.2. The van der Waals surface area contributed by atoms with E-state index in [4.69, 9.17) is 9.84 Å². The Hall–Kier alpha value is -2.36. The van der Waals surface area contributed by atoms with Gasteiger partial charge < -0.3 is 9.84 Å². The third kappa shape index (κ3) is 34.1. The molecule has 0 radical (unpaired) electrons. The van der Waals surface area contributed by atoms with Gasteiger partial charge in [0.15, 0.2) is 0 Å². The molecule has 0 rings (SSSR count). The van der Waals surface area contributed by atoms with Gasteiger partial charge in [-0.15, -0.1) is 0 Å². The smallest absolute Gasteiger partial charge is 0.306 e. The summed E-state index contributed by atoms with van der Waals surface area (Å²) in [4.78, 5) is 23.2. The highest BCUT2D eigenvalue weighted by Crippen LogP contribution is 2.18. The number of carbonyl (C=O) groups is 2. The van der Waals surface area contributed by atoms with Gasteiger partial charge in [-0.05, 0) is 83.5 Å².